The van der Waals surface area contributed by atoms with Gasteiger partial charge < -0.3 is 5.32 Å². The summed E-state index contributed by atoms with van der Waals surface area (Å²) >= 11 is 6.03. The highest BCUT2D eigenvalue weighted by atomic mass is 35.5. The van der Waals surface area contributed by atoms with Gasteiger partial charge in [-0.25, -0.2) is 17.1 Å². The maximum Gasteiger partial charge on any atom is 0.267 e. The van der Waals surface area contributed by atoms with Gasteiger partial charge in [-0.05, 0) is 55.3 Å². The number of amides is 2. The second-order valence-electron chi connectivity index (χ2n) is 6.16. The van der Waals surface area contributed by atoms with Crippen molar-refractivity contribution >= 4 is 39.1 Å². The molecule has 0 saturated carbocycles. The lowest BCUT2D eigenvalue weighted by Crippen LogP contribution is -2.45. The van der Waals surface area contributed by atoms with Crippen LogP contribution in [0, 0.1) is 12.7 Å². The molecule has 0 radical (unpaired) electrons. The highest BCUT2D eigenvalue weighted by molar-refractivity contribution is 7.89. The number of anilines is 1. The topological polar surface area (TPSA) is 83.6 Å². The number of aryl methyl sites for hydroxylation is 1. The summed E-state index contributed by atoms with van der Waals surface area (Å²) in [4.78, 5) is 24.6. The zero-order valence-corrected chi connectivity index (χ0v) is 15.8. The quantitative estimate of drug-likeness (QED) is 0.839. The van der Waals surface area contributed by atoms with Crippen molar-refractivity contribution in [1.29, 1.82) is 0 Å². The number of sulfonamides is 1. The van der Waals surface area contributed by atoms with E-state index in [4.69, 9.17) is 11.6 Å². The van der Waals surface area contributed by atoms with E-state index in [1.165, 1.54) is 0 Å². The third kappa shape index (κ3) is 3.81. The number of hydrogen-bond acceptors (Lipinski definition) is 4. The number of benzene rings is 2. The van der Waals surface area contributed by atoms with Gasteiger partial charge in [0.1, 0.15) is 11.9 Å². The van der Waals surface area contributed by atoms with E-state index >= 15 is 0 Å². The summed E-state index contributed by atoms with van der Waals surface area (Å²) in [6, 6.07) is 7.79. The summed E-state index contributed by atoms with van der Waals surface area (Å²) in [6.07, 6.45) is -0.0160. The van der Waals surface area contributed by atoms with Crippen molar-refractivity contribution < 1.29 is 22.4 Å². The summed E-state index contributed by atoms with van der Waals surface area (Å²) < 4.78 is 39.3. The first-order chi connectivity index (χ1) is 12.7. The maximum absolute atomic E-state index is 13.1. The van der Waals surface area contributed by atoms with E-state index < -0.39 is 33.7 Å². The van der Waals surface area contributed by atoms with Gasteiger partial charge in [0.2, 0.25) is 11.8 Å². The molecule has 0 bridgehead atoms. The van der Waals surface area contributed by atoms with E-state index in [-0.39, 0.29) is 17.7 Å². The van der Waals surface area contributed by atoms with Crippen molar-refractivity contribution in [3.05, 3.63) is 58.9 Å². The minimum Gasteiger partial charge on any atom is -0.324 e. The van der Waals surface area contributed by atoms with Gasteiger partial charge in [-0.1, -0.05) is 17.7 Å². The average Bonchev–Trinajstić information content (AvgIpc) is 3.01. The van der Waals surface area contributed by atoms with E-state index in [9.17, 15) is 22.4 Å². The highest BCUT2D eigenvalue weighted by Crippen LogP contribution is 2.29. The number of nitrogens with one attached hydrogen (secondary N) is 1. The predicted molar refractivity (Wildman–Crippen MR) is 98.3 cm³/mol. The van der Waals surface area contributed by atoms with Crippen molar-refractivity contribution in [2.24, 2.45) is 0 Å². The molecule has 1 atom stereocenters. The van der Waals surface area contributed by atoms with Crippen molar-refractivity contribution in [3.8, 4) is 0 Å². The Balaban J connectivity index is 1.88. The fourth-order valence-corrected chi connectivity index (χ4v) is 4.60. The molecule has 2 amide bonds. The minimum atomic E-state index is -4.28. The molecule has 0 unspecified atom stereocenters. The first kappa shape index (κ1) is 19.3. The standard InChI is InChI=1S/C18H16ClFN2O4S/c1-11-2-5-13(10-15(11)19)21-18(24)16-8-9-17(23)22(16)27(25,26)14-6-3-12(20)4-7-14/h2-7,10,16H,8-9H2,1H3,(H,21,24)/t16-/m1/s1. The molecule has 2 aromatic carbocycles. The molecule has 1 aliphatic rings. The number of rotatable bonds is 4. The molecular weight excluding hydrogens is 395 g/mol. The van der Waals surface area contributed by atoms with Crippen molar-refractivity contribution in [1.82, 2.24) is 4.31 Å². The zero-order chi connectivity index (χ0) is 19.8. The van der Waals surface area contributed by atoms with Crippen LogP contribution in [-0.4, -0.2) is 30.6 Å². The van der Waals surface area contributed by atoms with Crippen LogP contribution >= 0.6 is 11.6 Å². The van der Waals surface area contributed by atoms with Crippen LogP contribution in [0.15, 0.2) is 47.4 Å². The van der Waals surface area contributed by atoms with E-state index in [1.807, 2.05) is 0 Å². The van der Waals surface area contributed by atoms with Gasteiger partial charge in [0, 0.05) is 17.1 Å². The Morgan fingerprint density at radius 3 is 2.52 bits per heavy atom. The molecule has 0 aliphatic carbocycles. The third-order valence-corrected chi connectivity index (χ3v) is 6.52. The Kier molecular flexibility index (Phi) is 5.21. The fourth-order valence-electron chi connectivity index (χ4n) is 2.82. The molecule has 1 aliphatic heterocycles. The number of halogens is 2. The molecule has 1 heterocycles. The first-order valence-corrected chi connectivity index (χ1v) is 9.92. The molecule has 27 heavy (non-hydrogen) atoms. The van der Waals surface area contributed by atoms with Crippen LogP contribution in [0.4, 0.5) is 10.1 Å². The van der Waals surface area contributed by atoms with Crippen LogP contribution in [0.1, 0.15) is 18.4 Å². The van der Waals surface area contributed by atoms with Crippen molar-refractivity contribution in [2.75, 3.05) is 5.32 Å². The van der Waals surface area contributed by atoms with Gasteiger partial charge in [0.15, 0.2) is 0 Å². The molecule has 2 aromatic rings. The number of hydrogen-bond donors (Lipinski definition) is 1. The van der Waals surface area contributed by atoms with Crippen LogP contribution in [0.25, 0.3) is 0 Å². The first-order valence-electron chi connectivity index (χ1n) is 8.10. The molecule has 0 aromatic heterocycles. The average molecular weight is 411 g/mol. The van der Waals surface area contributed by atoms with E-state index in [0.717, 1.165) is 29.8 Å². The monoisotopic (exact) mass is 410 g/mol. The van der Waals surface area contributed by atoms with Crippen LogP contribution in [-0.2, 0) is 19.6 Å². The summed E-state index contributed by atoms with van der Waals surface area (Å²) in [6.45, 7) is 1.81. The summed E-state index contributed by atoms with van der Waals surface area (Å²) in [5.74, 6) is -1.92. The van der Waals surface area contributed by atoms with E-state index in [1.54, 1.807) is 25.1 Å². The van der Waals surface area contributed by atoms with Gasteiger partial charge in [-0.2, -0.15) is 0 Å². The Morgan fingerprint density at radius 1 is 1.22 bits per heavy atom. The molecule has 3 rings (SSSR count). The van der Waals surface area contributed by atoms with Crippen LogP contribution in [0.2, 0.25) is 5.02 Å². The molecule has 0 spiro atoms. The molecule has 1 N–H and O–H groups in total. The summed E-state index contributed by atoms with van der Waals surface area (Å²) in [7, 11) is -4.28. The lowest BCUT2D eigenvalue weighted by Gasteiger charge is -2.23. The normalized spacial score (nSPS) is 17.2. The zero-order valence-electron chi connectivity index (χ0n) is 14.3. The molecule has 1 saturated heterocycles. The molecule has 6 nitrogen and oxygen atoms in total. The SMILES string of the molecule is Cc1ccc(NC(=O)[C@H]2CCC(=O)N2S(=O)(=O)c2ccc(F)cc2)cc1Cl. The lowest BCUT2D eigenvalue weighted by atomic mass is 10.2. The third-order valence-electron chi connectivity index (χ3n) is 4.27. The highest BCUT2D eigenvalue weighted by Gasteiger charge is 2.44. The second-order valence-corrected chi connectivity index (χ2v) is 8.38. The van der Waals surface area contributed by atoms with Gasteiger partial charge in [0.25, 0.3) is 10.0 Å². The largest absolute Gasteiger partial charge is 0.324 e. The van der Waals surface area contributed by atoms with Crippen LogP contribution in [0.5, 0.6) is 0 Å². The number of carbonyl (C=O) groups excluding carboxylic acids is 2. The van der Waals surface area contributed by atoms with Crippen molar-refractivity contribution in [3.63, 3.8) is 0 Å². The summed E-state index contributed by atoms with van der Waals surface area (Å²) in [5, 5.41) is 3.04. The molecular formula is C18H16ClFN2O4S. The smallest absolute Gasteiger partial charge is 0.267 e. The minimum absolute atomic E-state index is 0.0602. The predicted octanol–water partition coefficient (Wildman–Crippen LogP) is 3.11. The van der Waals surface area contributed by atoms with E-state index in [2.05, 4.69) is 5.32 Å². The second kappa shape index (κ2) is 7.28. The summed E-state index contributed by atoms with van der Waals surface area (Å²) in [5.41, 5.74) is 1.22. The molecule has 142 valence electrons. The number of carbonyl (C=O) groups is 2. The lowest BCUT2D eigenvalue weighted by molar-refractivity contribution is -0.128. The maximum atomic E-state index is 13.1. The Bertz CT molecular complexity index is 1010. The Hall–Kier alpha value is -2.45. The van der Waals surface area contributed by atoms with Gasteiger partial charge in [-0.3, -0.25) is 9.59 Å². The van der Waals surface area contributed by atoms with Crippen molar-refractivity contribution in [2.45, 2.75) is 30.7 Å². The van der Waals surface area contributed by atoms with Crippen LogP contribution < -0.4 is 5.32 Å². The molecule has 9 heteroatoms. The Morgan fingerprint density at radius 2 is 1.89 bits per heavy atom. The van der Waals surface area contributed by atoms with Crippen LogP contribution in [0.3, 0.4) is 0 Å². The fraction of sp³-hybridized carbons (Fsp3) is 0.222. The Labute approximate surface area is 161 Å². The van der Waals surface area contributed by atoms with Gasteiger partial charge in [-0.15, -0.1) is 0 Å². The van der Waals surface area contributed by atoms with Gasteiger partial charge >= 0.3 is 0 Å². The van der Waals surface area contributed by atoms with Gasteiger partial charge in [0.05, 0.1) is 4.90 Å². The molecule has 1 fully saturated rings. The number of nitrogens with zero attached hydrogens (tertiary/aromatic N) is 1. The van der Waals surface area contributed by atoms with E-state index in [0.29, 0.717) is 15.0 Å².